The Morgan fingerprint density at radius 3 is 2.17 bits per heavy atom. The molecule has 0 aromatic carbocycles. The van der Waals surface area contributed by atoms with Crippen molar-refractivity contribution in [2.45, 2.75) is 32.6 Å². The average Bonchev–Trinajstić information content (AvgIpc) is 2.57. The Morgan fingerprint density at radius 2 is 1.92 bits per heavy atom. The first-order valence-electron chi connectivity index (χ1n) is 4.87. The van der Waals surface area contributed by atoms with E-state index in [1.54, 1.807) is 0 Å². The Balaban J connectivity index is 2.27. The van der Waals surface area contributed by atoms with Crippen LogP contribution in [-0.4, -0.2) is 23.4 Å². The van der Waals surface area contributed by atoms with Crippen molar-refractivity contribution in [1.82, 2.24) is 0 Å². The van der Waals surface area contributed by atoms with Gasteiger partial charge in [0.2, 0.25) is 0 Å². The molecule has 70 valence electrons. The molecule has 2 N–H and O–H groups in total. The first-order valence-corrected chi connectivity index (χ1v) is 4.87. The average molecular weight is 170 g/mol. The van der Waals surface area contributed by atoms with Gasteiger partial charge in [-0.1, -0.05) is 6.92 Å². The molecule has 0 radical (unpaired) electrons. The number of hydrogen-bond donors (Lipinski definition) is 2. The molecule has 2 unspecified atom stereocenters. The van der Waals surface area contributed by atoms with E-state index in [9.17, 15) is 10.2 Å². The normalized spacial score (nSPS) is 43.8. The van der Waals surface area contributed by atoms with Gasteiger partial charge in [0.1, 0.15) is 0 Å². The second-order valence-electron chi connectivity index (χ2n) is 4.97. The molecule has 0 heterocycles. The summed E-state index contributed by atoms with van der Waals surface area (Å²) in [4.78, 5) is 0. The minimum Gasteiger partial charge on any atom is -0.396 e. The van der Waals surface area contributed by atoms with Gasteiger partial charge < -0.3 is 10.2 Å². The van der Waals surface area contributed by atoms with Gasteiger partial charge in [0.05, 0.1) is 13.2 Å². The minimum absolute atomic E-state index is 0.157. The fraction of sp³-hybridized carbons (Fsp3) is 1.00. The van der Waals surface area contributed by atoms with E-state index in [4.69, 9.17) is 0 Å². The van der Waals surface area contributed by atoms with Gasteiger partial charge in [-0.05, 0) is 37.0 Å². The zero-order valence-corrected chi connectivity index (χ0v) is 7.71. The maximum absolute atomic E-state index is 9.34. The van der Waals surface area contributed by atoms with Crippen molar-refractivity contribution >= 4 is 0 Å². The van der Waals surface area contributed by atoms with E-state index in [1.807, 2.05) is 0 Å². The van der Waals surface area contributed by atoms with Gasteiger partial charge in [0.25, 0.3) is 0 Å². The van der Waals surface area contributed by atoms with Crippen LogP contribution in [-0.2, 0) is 0 Å². The molecule has 2 aliphatic carbocycles. The van der Waals surface area contributed by atoms with Crippen LogP contribution in [0.4, 0.5) is 0 Å². The van der Waals surface area contributed by atoms with E-state index in [2.05, 4.69) is 6.92 Å². The number of aliphatic hydroxyl groups is 2. The van der Waals surface area contributed by atoms with Gasteiger partial charge in [-0.2, -0.15) is 0 Å². The lowest BCUT2D eigenvalue weighted by atomic mass is 9.64. The quantitative estimate of drug-likeness (QED) is 0.653. The molecule has 0 saturated heterocycles. The molecule has 2 heteroatoms. The van der Waals surface area contributed by atoms with Crippen molar-refractivity contribution in [2.75, 3.05) is 13.2 Å². The summed E-state index contributed by atoms with van der Waals surface area (Å²) in [6.45, 7) is 2.56. The second kappa shape index (κ2) is 2.46. The lowest BCUT2D eigenvalue weighted by Crippen LogP contribution is -2.42. The predicted octanol–water partition coefficient (Wildman–Crippen LogP) is 1.17. The fourth-order valence-electron chi connectivity index (χ4n) is 3.38. The van der Waals surface area contributed by atoms with Gasteiger partial charge in [-0.25, -0.2) is 0 Å². The zero-order valence-electron chi connectivity index (χ0n) is 7.71. The van der Waals surface area contributed by atoms with Crippen molar-refractivity contribution in [3.8, 4) is 0 Å². The van der Waals surface area contributed by atoms with Crippen molar-refractivity contribution in [2.24, 2.45) is 16.7 Å². The SMILES string of the molecule is CC12CCC(C1)CC2(CO)CO. The summed E-state index contributed by atoms with van der Waals surface area (Å²) >= 11 is 0. The fourth-order valence-corrected chi connectivity index (χ4v) is 3.38. The summed E-state index contributed by atoms with van der Waals surface area (Å²) in [7, 11) is 0. The highest BCUT2D eigenvalue weighted by Gasteiger charge is 2.58. The van der Waals surface area contributed by atoms with E-state index in [0.717, 1.165) is 12.3 Å². The topological polar surface area (TPSA) is 40.5 Å². The number of rotatable bonds is 2. The number of aliphatic hydroxyl groups excluding tert-OH is 2. The molecule has 2 bridgehead atoms. The van der Waals surface area contributed by atoms with Crippen molar-refractivity contribution < 1.29 is 10.2 Å². The summed E-state index contributed by atoms with van der Waals surface area (Å²) in [6, 6.07) is 0. The molecular formula is C10H18O2. The number of fused-ring (bicyclic) bond motifs is 2. The molecule has 2 saturated carbocycles. The van der Waals surface area contributed by atoms with Crippen LogP contribution in [0.3, 0.4) is 0 Å². The van der Waals surface area contributed by atoms with Crippen molar-refractivity contribution in [3.63, 3.8) is 0 Å². The van der Waals surface area contributed by atoms with E-state index in [1.165, 1.54) is 19.3 Å². The van der Waals surface area contributed by atoms with E-state index in [0.29, 0.717) is 0 Å². The van der Waals surface area contributed by atoms with Crippen LogP contribution in [0, 0.1) is 16.7 Å². The summed E-state index contributed by atoms with van der Waals surface area (Å²) in [5, 5.41) is 18.7. The van der Waals surface area contributed by atoms with Crippen LogP contribution in [0.1, 0.15) is 32.6 Å². The van der Waals surface area contributed by atoms with E-state index in [-0.39, 0.29) is 24.0 Å². The first-order chi connectivity index (χ1) is 5.66. The van der Waals surface area contributed by atoms with Gasteiger partial charge in [-0.3, -0.25) is 0 Å². The third-order valence-electron chi connectivity index (χ3n) is 4.41. The molecule has 0 aromatic rings. The second-order valence-corrected chi connectivity index (χ2v) is 4.97. The maximum atomic E-state index is 9.34. The lowest BCUT2D eigenvalue weighted by Gasteiger charge is -2.42. The molecule has 12 heavy (non-hydrogen) atoms. The van der Waals surface area contributed by atoms with Crippen LogP contribution in [0.15, 0.2) is 0 Å². The highest BCUT2D eigenvalue weighted by Crippen LogP contribution is 2.63. The standard InChI is InChI=1S/C10H18O2/c1-9-3-2-8(4-9)5-10(9,6-11)7-12/h8,11-12H,2-7H2,1H3. The molecular weight excluding hydrogens is 152 g/mol. The minimum atomic E-state index is -0.157. The Labute approximate surface area is 73.6 Å². The molecule has 2 atom stereocenters. The van der Waals surface area contributed by atoms with Gasteiger partial charge >= 0.3 is 0 Å². The molecule has 2 rings (SSSR count). The Bertz CT molecular complexity index is 186. The molecule has 0 amide bonds. The van der Waals surface area contributed by atoms with Gasteiger partial charge in [0.15, 0.2) is 0 Å². The van der Waals surface area contributed by atoms with Crippen molar-refractivity contribution in [3.05, 3.63) is 0 Å². The Morgan fingerprint density at radius 1 is 1.25 bits per heavy atom. The Kier molecular flexibility index (Phi) is 1.74. The van der Waals surface area contributed by atoms with Gasteiger partial charge in [0, 0.05) is 5.41 Å². The molecule has 0 aromatic heterocycles. The molecule has 2 nitrogen and oxygen atoms in total. The van der Waals surface area contributed by atoms with Crippen LogP contribution in [0.5, 0.6) is 0 Å². The summed E-state index contributed by atoms with van der Waals surface area (Å²) < 4.78 is 0. The van der Waals surface area contributed by atoms with Crippen LogP contribution >= 0.6 is 0 Å². The highest BCUT2D eigenvalue weighted by atomic mass is 16.3. The van der Waals surface area contributed by atoms with Crippen LogP contribution < -0.4 is 0 Å². The third kappa shape index (κ3) is 0.826. The molecule has 2 aliphatic rings. The molecule has 0 spiro atoms. The maximum Gasteiger partial charge on any atom is 0.0514 e. The monoisotopic (exact) mass is 170 g/mol. The molecule has 0 aliphatic heterocycles. The van der Waals surface area contributed by atoms with Crippen molar-refractivity contribution in [1.29, 1.82) is 0 Å². The molecule has 2 fully saturated rings. The van der Waals surface area contributed by atoms with Gasteiger partial charge in [-0.15, -0.1) is 0 Å². The smallest absolute Gasteiger partial charge is 0.0514 e. The van der Waals surface area contributed by atoms with Crippen LogP contribution in [0.2, 0.25) is 0 Å². The predicted molar refractivity (Wildman–Crippen MR) is 46.7 cm³/mol. The largest absolute Gasteiger partial charge is 0.396 e. The zero-order chi connectivity index (χ0) is 8.82. The highest BCUT2D eigenvalue weighted by molar-refractivity contribution is 5.07. The van der Waals surface area contributed by atoms with E-state index < -0.39 is 0 Å². The van der Waals surface area contributed by atoms with E-state index >= 15 is 0 Å². The summed E-state index contributed by atoms with van der Waals surface area (Å²) in [5.41, 5.74) is 0.0666. The summed E-state index contributed by atoms with van der Waals surface area (Å²) in [6.07, 6.45) is 4.75. The first kappa shape index (κ1) is 8.52. The Hall–Kier alpha value is -0.0800. The summed E-state index contributed by atoms with van der Waals surface area (Å²) in [5.74, 6) is 0.772. The third-order valence-corrected chi connectivity index (χ3v) is 4.41. The number of hydrogen-bond acceptors (Lipinski definition) is 2. The van der Waals surface area contributed by atoms with Crippen LogP contribution in [0.25, 0.3) is 0 Å². The lowest BCUT2D eigenvalue weighted by molar-refractivity contribution is -0.0395.